The topological polar surface area (TPSA) is 50.7 Å². The quantitative estimate of drug-likeness (QED) is 0.903. The van der Waals surface area contributed by atoms with E-state index in [0.29, 0.717) is 5.92 Å². The average Bonchev–Trinajstić information content (AvgIpc) is 2.81. The lowest BCUT2D eigenvalue weighted by Crippen LogP contribution is -2.07. The van der Waals surface area contributed by atoms with Crippen LogP contribution in [0.5, 0.6) is 0 Å². The van der Waals surface area contributed by atoms with Crippen LogP contribution < -0.4 is 5.32 Å². The summed E-state index contributed by atoms with van der Waals surface area (Å²) in [6.07, 6.45) is 4.22. The van der Waals surface area contributed by atoms with Gasteiger partial charge in [-0.3, -0.25) is 0 Å². The molecule has 1 N–H and O–H groups in total. The van der Waals surface area contributed by atoms with Crippen molar-refractivity contribution >= 4 is 17.2 Å². The minimum absolute atomic E-state index is 0.397. The lowest BCUT2D eigenvalue weighted by atomic mass is 10.0. The van der Waals surface area contributed by atoms with E-state index in [4.69, 9.17) is 0 Å². The number of nitrogens with one attached hydrogen (secondary N) is 1. The molecule has 0 spiro atoms. The Morgan fingerprint density at radius 1 is 1.29 bits per heavy atom. The maximum absolute atomic E-state index is 4.40. The van der Waals surface area contributed by atoms with E-state index in [1.807, 2.05) is 18.6 Å². The van der Waals surface area contributed by atoms with Crippen molar-refractivity contribution in [3.05, 3.63) is 34.2 Å². The van der Waals surface area contributed by atoms with Crippen LogP contribution in [0.1, 0.15) is 36.0 Å². The van der Waals surface area contributed by atoms with Gasteiger partial charge in [-0.15, -0.1) is 11.3 Å². The molecular formula is C12H16N4S. The Hall–Kier alpha value is -1.49. The van der Waals surface area contributed by atoms with Crippen LogP contribution in [-0.2, 0) is 6.42 Å². The second-order valence-electron chi connectivity index (χ2n) is 4.09. The molecule has 5 heteroatoms. The highest BCUT2D eigenvalue weighted by Gasteiger charge is 2.14. The minimum Gasteiger partial charge on any atom is -0.373 e. The molecular weight excluding hydrogens is 232 g/mol. The molecule has 0 unspecified atom stereocenters. The Kier molecular flexibility index (Phi) is 3.68. The van der Waals surface area contributed by atoms with Crippen molar-refractivity contribution in [2.75, 3.05) is 12.4 Å². The molecule has 0 radical (unpaired) electrons. The zero-order chi connectivity index (χ0) is 12.3. The van der Waals surface area contributed by atoms with Crippen LogP contribution in [-0.4, -0.2) is 22.0 Å². The normalized spacial score (nSPS) is 10.8. The first kappa shape index (κ1) is 12.0. The van der Waals surface area contributed by atoms with Gasteiger partial charge in [0.25, 0.3) is 0 Å². The first-order valence-electron chi connectivity index (χ1n) is 5.62. The molecule has 0 fully saturated rings. The molecule has 0 aliphatic rings. The predicted molar refractivity (Wildman–Crippen MR) is 70.6 cm³/mol. The maximum atomic E-state index is 4.40. The third kappa shape index (κ3) is 2.61. The number of aromatic nitrogens is 3. The van der Waals surface area contributed by atoms with Gasteiger partial charge in [-0.2, -0.15) is 0 Å². The van der Waals surface area contributed by atoms with E-state index in [1.165, 1.54) is 5.56 Å². The second-order valence-corrected chi connectivity index (χ2v) is 5.07. The third-order valence-electron chi connectivity index (χ3n) is 2.58. The third-order valence-corrected chi connectivity index (χ3v) is 3.36. The Balaban J connectivity index is 2.39. The standard InChI is InChI=1S/C12H16N4S/c1-8(2)11-9(6-10-14-4-5-17-10)15-7-16-12(11)13-3/h4-5,7-8H,6H2,1-3H3,(H,13,15,16). The first-order valence-corrected chi connectivity index (χ1v) is 6.50. The number of anilines is 1. The van der Waals surface area contributed by atoms with Crippen molar-refractivity contribution in [2.45, 2.75) is 26.2 Å². The fourth-order valence-corrected chi connectivity index (χ4v) is 2.48. The molecule has 2 rings (SSSR count). The molecule has 0 bridgehead atoms. The summed E-state index contributed by atoms with van der Waals surface area (Å²) >= 11 is 1.66. The monoisotopic (exact) mass is 248 g/mol. The Bertz CT molecular complexity index is 479. The van der Waals surface area contributed by atoms with E-state index < -0.39 is 0 Å². The van der Waals surface area contributed by atoms with E-state index in [2.05, 4.69) is 34.1 Å². The van der Waals surface area contributed by atoms with Gasteiger partial charge in [0.15, 0.2) is 0 Å². The van der Waals surface area contributed by atoms with Crippen LogP contribution in [0.15, 0.2) is 17.9 Å². The van der Waals surface area contributed by atoms with Crippen molar-refractivity contribution in [1.82, 2.24) is 15.0 Å². The van der Waals surface area contributed by atoms with Gasteiger partial charge < -0.3 is 5.32 Å². The van der Waals surface area contributed by atoms with Crippen molar-refractivity contribution < 1.29 is 0 Å². The largest absolute Gasteiger partial charge is 0.373 e. The van der Waals surface area contributed by atoms with Crippen LogP contribution in [0.2, 0.25) is 0 Å². The summed E-state index contributed by atoms with van der Waals surface area (Å²) in [5.74, 6) is 1.31. The molecule has 2 aromatic rings. The van der Waals surface area contributed by atoms with Crippen LogP contribution in [0.3, 0.4) is 0 Å². The van der Waals surface area contributed by atoms with Crippen molar-refractivity contribution in [1.29, 1.82) is 0 Å². The maximum Gasteiger partial charge on any atom is 0.132 e. The van der Waals surface area contributed by atoms with E-state index in [9.17, 15) is 0 Å². The Morgan fingerprint density at radius 2 is 2.12 bits per heavy atom. The minimum atomic E-state index is 0.397. The summed E-state index contributed by atoms with van der Waals surface area (Å²) in [5.41, 5.74) is 2.25. The van der Waals surface area contributed by atoms with Gasteiger partial charge in [-0.1, -0.05) is 13.8 Å². The molecule has 2 heterocycles. The highest BCUT2D eigenvalue weighted by Crippen LogP contribution is 2.26. The van der Waals surface area contributed by atoms with E-state index in [0.717, 1.165) is 22.9 Å². The van der Waals surface area contributed by atoms with Gasteiger partial charge in [-0.05, 0) is 5.92 Å². The number of thiazole rings is 1. The lowest BCUT2D eigenvalue weighted by molar-refractivity contribution is 0.817. The Labute approximate surface area is 105 Å². The summed E-state index contributed by atoms with van der Waals surface area (Å²) < 4.78 is 0. The lowest BCUT2D eigenvalue weighted by Gasteiger charge is -2.14. The van der Waals surface area contributed by atoms with Crippen molar-refractivity contribution in [3.63, 3.8) is 0 Å². The summed E-state index contributed by atoms with van der Waals surface area (Å²) in [4.78, 5) is 13.0. The summed E-state index contributed by atoms with van der Waals surface area (Å²) in [5, 5.41) is 6.21. The zero-order valence-corrected chi connectivity index (χ0v) is 11.1. The molecule has 0 atom stereocenters. The van der Waals surface area contributed by atoms with Crippen LogP contribution in [0, 0.1) is 0 Å². The number of rotatable bonds is 4. The van der Waals surface area contributed by atoms with Gasteiger partial charge in [0.2, 0.25) is 0 Å². The first-order chi connectivity index (χ1) is 8.22. The van der Waals surface area contributed by atoms with E-state index >= 15 is 0 Å². The van der Waals surface area contributed by atoms with E-state index in [1.54, 1.807) is 17.7 Å². The smallest absolute Gasteiger partial charge is 0.132 e. The van der Waals surface area contributed by atoms with Gasteiger partial charge >= 0.3 is 0 Å². The second kappa shape index (κ2) is 5.23. The molecule has 0 amide bonds. The zero-order valence-electron chi connectivity index (χ0n) is 10.3. The van der Waals surface area contributed by atoms with Crippen molar-refractivity contribution in [3.8, 4) is 0 Å². The molecule has 90 valence electrons. The molecule has 4 nitrogen and oxygen atoms in total. The predicted octanol–water partition coefficient (Wildman–Crippen LogP) is 2.69. The van der Waals surface area contributed by atoms with Crippen LogP contribution in [0.25, 0.3) is 0 Å². The van der Waals surface area contributed by atoms with Crippen LogP contribution in [0.4, 0.5) is 5.82 Å². The van der Waals surface area contributed by atoms with Crippen LogP contribution >= 0.6 is 11.3 Å². The fourth-order valence-electron chi connectivity index (χ4n) is 1.86. The molecule has 0 aliphatic carbocycles. The number of hydrogen-bond donors (Lipinski definition) is 1. The molecule has 0 saturated carbocycles. The summed E-state index contributed by atoms with van der Waals surface area (Å²) in [6, 6.07) is 0. The summed E-state index contributed by atoms with van der Waals surface area (Å²) in [7, 11) is 1.89. The van der Waals surface area contributed by atoms with Gasteiger partial charge in [0.05, 0.1) is 10.7 Å². The van der Waals surface area contributed by atoms with Gasteiger partial charge in [0, 0.05) is 30.6 Å². The van der Waals surface area contributed by atoms with Crippen molar-refractivity contribution in [2.24, 2.45) is 0 Å². The molecule has 2 aromatic heterocycles. The fraction of sp³-hybridized carbons (Fsp3) is 0.417. The van der Waals surface area contributed by atoms with Gasteiger partial charge in [-0.25, -0.2) is 15.0 Å². The number of hydrogen-bond acceptors (Lipinski definition) is 5. The highest BCUT2D eigenvalue weighted by atomic mass is 32.1. The molecule has 17 heavy (non-hydrogen) atoms. The molecule has 0 aliphatic heterocycles. The SMILES string of the molecule is CNc1ncnc(Cc2nccs2)c1C(C)C. The van der Waals surface area contributed by atoms with Gasteiger partial charge in [0.1, 0.15) is 12.1 Å². The Morgan fingerprint density at radius 3 is 2.71 bits per heavy atom. The van der Waals surface area contributed by atoms with E-state index in [-0.39, 0.29) is 0 Å². The molecule has 0 saturated heterocycles. The average molecular weight is 248 g/mol. The number of nitrogens with zero attached hydrogens (tertiary/aromatic N) is 3. The highest BCUT2D eigenvalue weighted by molar-refractivity contribution is 7.09. The summed E-state index contributed by atoms with van der Waals surface area (Å²) in [6.45, 7) is 4.32. The molecule has 0 aromatic carbocycles.